The van der Waals surface area contributed by atoms with Crippen LogP contribution in [0.1, 0.15) is 24.7 Å². The molecule has 33 heavy (non-hydrogen) atoms. The Morgan fingerprint density at radius 3 is 2.58 bits per heavy atom. The van der Waals surface area contributed by atoms with Crippen LogP contribution in [-0.4, -0.2) is 49.5 Å². The molecule has 1 aromatic carbocycles. The van der Waals surface area contributed by atoms with E-state index in [0.717, 1.165) is 40.9 Å². The van der Waals surface area contributed by atoms with Gasteiger partial charge in [-0.25, -0.2) is 19.1 Å². The van der Waals surface area contributed by atoms with E-state index in [-0.39, 0.29) is 5.69 Å². The molecular weight excluding hydrogens is 420 g/mol. The SMILES string of the molecule is CCCc1cn(-c2ncnn2C)c(=O)n1Cc1ccc(-c2ccccc2-c2nnn[nH]2)cn1. The average Bonchev–Trinajstić information content (AvgIpc) is 3.58. The van der Waals surface area contributed by atoms with Crippen LogP contribution in [0.15, 0.2) is 59.9 Å². The van der Waals surface area contributed by atoms with Crippen molar-refractivity contribution < 1.29 is 0 Å². The van der Waals surface area contributed by atoms with Crippen LogP contribution in [-0.2, 0) is 20.0 Å². The standard InChI is InChI=1S/C22H22N10O/c1-3-6-17-13-32(21-24-14-25-30(21)2)22(33)31(17)12-16-10-9-15(11-23-16)18-7-4-5-8-19(18)20-26-28-29-27-20/h4-5,7-11,13-14H,3,6,12H2,1-2H3,(H,26,27,28,29). The summed E-state index contributed by atoms with van der Waals surface area (Å²) in [5.74, 6) is 1.08. The lowest BCUT2D eigenvalue weighted by Gasteiger charge is -2.09. The lowest BCUT2D eigenvalue weighted by Crippen LogP contribution is -2.26. The van der Waals surface area contributed by atoms with Crippen molar-refractivity contribution in [1.29, 1.82) is 0 Å². The quantitative estimate of drug-likeness (QED) is 0.409. The molecule has 4 aromatic heterocycles. The number of tetrazole rings is 1. The minimum Gasteiger partial charge on any atom is -0.290 e. The monoisotopic (exact) mass is 442 g/mol. The van der Waals surface area contributed by atoms with Crippen molar-refractivity contribution in [2.24, 2.45) is 7.05 Å². The van der Waals surface area contributed by atoms with Gasteiger partial charge in [-0.1, -0.05) is 43.7 Å². The van der Waals surface area contributed by atoms with Gasteiger partial charge in [0.1, 0.15) is 6.33 Å². The van der Waals surface area contributed by atoms with Gasteiger partial charge in [-0.05, 0) is 28.5 Å². The predicted molar refractivity (Wildman–Crippen MR) is 121 cm³/mol. The number of aromatic amines is 1. The van der Waals surface area contributed by atoms with Crippen molar-refractivity contribution in [3.05, 3.63) is 77.0 Å². The van der Waals surface area contributed by atoms with Crippen molar-refractivity contribution in [3.8, 4) is 28.5 Å². The smallest absolute Gasteiger partial charge is 0.290 e. The fourth-order valence-electron chi connectivity index (χ4n) is 3.86. The van der Waals surface area contributed by atoms with Gasteiger partial charge in [0.15, 0.2) is 5.82 Å². The van der Waals surface area contributed by atoms with E-state index >= 15 is 0 Å². The lowest BCUT2D eigenvalue weighted by atomic mass is 10.0. The number of aryl methyl sites for hydroxylation is 2. The van der Waals surface area contributed by atoms with Gasteiger partial charge in [0, 0.05) is 36.3 Å². The third-order valence-electron chi connectivity index (χ3n) is 5.45. The molecule has 0 amide bonds. The maximum absolute atomic E-state index is 13.2. The van der Waals surface area contributed by atoms with Crippen LogP contribution in [0.4, 0.5) is 0 Å². The largest absolute Gasteiger partial charge is 0.335 e. The van der Waals surface area contributed by atoms with E-state index in [4.69, 9.17) is 0 Å². The molecule has 0 saturated carbocycles. The first-order valence-electron chi connectivity index (χ1n) is 10.6. The van der Waals surface area contributed by atoms with Gasteiger partial charge in [-0.15, -0.1) is 5.10 Å². The molecule has 1 N–H and O–H groups in total. The van der Waals surface area contributed by atoms with Crippen molar-refractivity contribution >= 4 is 0 Å². The molecule has 0 aliphatic heterocycles. The Bertz CT molecular complexity index is 1430. The third-order valence-corrected chi connectivity index (χ3v) is 5.45. The Hall–Kier alpha value is -4.41. The average molecular weight is 442 g/mol. The summed E-state index contributed by atoms with van der Waals surface area (Å²) in [5.41, 5.74) is 4.34. The maximum Gasteiger partial charge on any atom is 0.335 e. The van der Waals surface area contributed by atoms with Crippen molar-refractivity contribution in [1.82, 2.24) is 49.5 Å². The van der Waals surface area contributed by atoms with Crippen LogP contribution >= 0.6 is 0 Å². The molecule has 5 aromatic rings. The van der Waals surface area contributed by atoms with Crippen LogP contribution in [0.2, 0.25) is 0 Å². The first-order chi connectivity index (χ1) is 16.2. The fraction of sp³-hybridized carbons (Fsp3) is 0.227. The van der Waals surface area contributed by atoms with Crippen molar-refractivity contribution in [3.63, 3.8) is 0 Å². The van der Waals surface area contributed by atoms with E-state index in [2.05, 4.69) is 42.6 Å². The number of benzene rings is 1. The molecule has 166 valence electrons. The molecule has 4 heterocycles. The minimum absolute atomic E-state index is 0.163. The zero-order valence-electron chi connectivity index (χ0n) is 18.3. The first-order valence-corrected chi connectivity index (χ1v) is 10.6. The van der Waals surface area contributed by atoms with Crippen molar-refractivity contribution in [2.75, 3.05) is 0 Å². The number of H-pyrrole nitrogens is 1. The summed E-state index contributed by atoms with van der Waals surface area (Å²) in [6.07, 6.45) is 6.78. The molecule has 11 heteroatoms. The van der Waals surface area contributed by atoms with Gasteiger partial charge in [0.2, 0.25) is 5.95 Å². The second-order valence-corrected chi connectivity index (χ2v) is 7.63. The van der Waals surface area contributed by atoms with Gasteiger partial charge in [0.05, 0.1) is 12.2 Å². The zero-order chi connectivity index (χ0) is 22.8. The Kier molecular flexibility index (Phi) is 5.35. The van der Waals surface area contributed by atoms with Crippen LogP contribution < -0.4 is 5.69 Å². The summed E-state index contributed by atoms with van der Waals surface area (Å²) in [4.78, 5) is 22.0. The molecule has 11 nitrogen and oxygen atoms in total. The highest BCUT2D eigenvalue weighted by atomic mass is 16.2. The van der Waals surface area contributed by atoms with Gasteiger partial charge >= 0.3 is 5.69 Å². The number of pyridine rings is 1. The fourth-order valence-corrected chi connectivity index (χ4v) is 3.86. The highest BCUT2D eigenvalue weighted by Gasteiger charge is 2.16. The molecular formula is C22H22N10O. The Labute approximate surface area is 188 Å². The number of imidazole rings is 1. The number of nitrogens with zero attached hydrogens (tertiary/aromatic N) is 9. The summed E-state index contributed by atoms with van der Waals surface area (Å²) in [6.45, 7) is 2.45. The molecule has 0 unspecified atom stereocenters. The van der Waals surface area contributed by atoms with Gasteiger partial charge in [-0.2, -0.15) is 10.1 Å². The summed E-state index contributed by atoms with van der Waals surface area (Å²) in [5, 5.41) is 18.2. The molecule has 0 saturated heterocycles. The van der Waals surface area contributed by atoms with E-state index < -0.39 is 0 Å². The molecule has 0 spiro atoms. The van der Waals surface area contributed by atoms with Crippen LogP contribution in [0.25, 0.3) is 28.5 Å². The summed E-state index contributed by atoms with van der Waals surface area (Å²) >= 11 is 0. The number of aromatic nitrogens is 10. The van der Waals surface area contributed by atoms with E-state index in [1.165, 1.54) is 10.9 Å². The molecule has 0 aliphatic carbocycles. The summed E-state index contributed by atoms with van der Waals surface area (Å²) < 4.78 is 4.86. The molecule has 0 aliphatic rings. The summed E-state index contributed by atoms with van der Waals surface area (Å²) in [6, 6.07) is 11.8. The normalized spacial score (nSPS) is 11.2. The molecule has 5 rings (SSSR count). The summed E-state index contributed by atoms with van der Waals surface area (Å²) in [7, 11) is 1.76. The van der Waals surface area contributed by atoms with Gasteiger partial charge in [0.25, 0.3) is 0 Å². The van der Waals surface area contributed by atoms with E-state index in [1.54, 1.807) is 16.3 Å². The molecule has 0 atom stereocenters. The topological polar surface area (TPSA) is 125 Å². The van der Waals surface area contributed by atoms with Crippen LogP contribution in [0.3, 0.4) is 0 Å². The third kappa shape index (κ3) is 3.84. The highest BCUT2D eigenvalue weighted by Crippen LogP contribution is 2.29. The molecule has 0 radical (unpaired) electrons. The second kappa shape index (κ2) is 8.61. The first kappa shape index (κ1) is 20.5. The Balaban J connectivity index is 1.47. The van der Waals surface area contributed by atoms with E-state index in [0.29, 0.717) is 18.3 Å². The number of hydrogen-bond donors (Lipinski definition) is 1. The minimum atomic E-state index is -0.163. The molecule has 0 fully saturated rings. The van der Waals surface area contributed by atoms with E-state index in [1.807, 2.05) is 48.8 Å². The van der Waals surface area contributed by atoms with Crippen LogP contribution in [0.5, 0.6) is 0 Å². The van der Waals surface area contributed by atoms with Gasteiger partial charge in [-0.3, -0.25) is 9.55 Å². The van der Waals surface area contributed by atoms with E-state index in [9.17, 15) is 4.79 Å². The Morgan fingerprint density at radius 2 is 1.91 bits per heavy atom. The zero-order valence-corrected chi connectivity index (χ0v) is 18.3. The number of nitrogens with one attached hydrogen (secondary N) is 1. The maximum atomic E-state index is 13.2. The number of hydrogen-bond acceptors (Lipinski definition) is 7. The Morgan fingerprint density at radius 1 is 1.06 bits per heavy atom. The van der Waals surface area contributed by atoms with Gasteiger partial charge < -0.3 is 0 Å². The second-order valence-electron chi connectivity index (χ2n) is 7.63. The lowest BCUT2D eigenvalue weighted by molar-refractivity contribution is 0.663. The molecule has 0 bridgehead atoms. The van der Waals surface area contributed by atoms with Crippen molar-refractivity contribution in [2.45, 2.75) is 26.3 Å². The number of rotatable bonds is 7. The predicted octanol–water partition coefficient (Wildman–Crippen LogP) is 2.01. The van der Waals surface area contributed by atoms with Crippen LogP contribution in [0, 0.1) is 0 Å². The highest BCUT2D eigenvalue weighted by molar-refractivity contribution is 5.79.